The fraction of sp³-hybridized carbons (Fsp3) is 0.615. The summed E-state index contributed by atoms with van der Waals surface area (Å²) in [5, 5.41) is 6.85. The van der Waals surface area contributed by atoms with Gasteiger partial charge >= 0.3 is 0 Å². The zero-order chi connectivity index (χ0) is 22.9. The zero-order valence-corrected chi connectivity index (χ0v) is 20.0. The Labute approximate surface area is 202 Å². The van der Waals surface area contributed by atoms with Gasteiger partial charge in [0.1, 0.15) is 12.0 Å². The van der Waals surface area contributed by atoms with Crippen LogP contribution in [-0.4, -0.2) is 75.9 Å². The number of carbonyl (C=O) groups is 1. The van der Waals surface area contributed by atoms with Gasteiger partial charge in [-0.1, -0.05) is 49.6 Å². The van der Waals surface area contributed by atoms with E-state index in [1.807, 2.05) is 0 Å². The average Bonchev–Trinajstić information content (AvgIpc) is 3.52. The van der Waals surface area contributed by atoms with Crippen molar-refractivity contribution in [2.24, 2.45) is 5.10 Å². The number of nitrogens with one attached hydrogen (secondary N) is 2. The van der Waals surface area contributed by atoms with E-state index in [0.29, 0.717) is 24.9 Å². The molecular formula is C26H37N7O. The van der Waals surface area contributed by atoms with Crippen LogP contribution in [0.1, 0.15) is 63.0 Å². The Hall–Kier alpha value is -2.58. The smallest absolute Gasteiger partial charge is 0.223 e. The molecule has 1 aliphatic carbocycles. The lowest BCUT2D eigenvalue weighted by atomic mass is 9.94. The SMILES string of the molecule is O=C(CCC1=NNC2C3CC(c4ccccc4)NN3C=CN12)N1CCN(C2CCCCC2)CC1. The predicted octanol–water partition coefficient (Wildman–Crippen LogP) is 2.59. The van der Waals surface area contributed by atoms with E-state index in [4.69, 9.17) is 0 Å². The van der Waals surface area contributed by atoms with Crippen LogP contribution < -0.4 is 10.9 Å². The Morgan fingerprint density at radius 2 is 1.79 bits per heavy atom. The lowest BCUT2D eigenvalue weighted by Gasteiger charge is -2.41. The summed E-state index contributed by atoms with van der Waals surface area (Å²) in [6, 6.07) is 12.0. The number of piperazine rings is 1. The lowest BCUT2D eigenvalue weighted by Crippen LogP contribution is -2.54. The number of benzene rings is 1. The summed E-state index contributed by atoms with van der Waals surface area (Å²) < 4.78 is 0. The average molecular weight is 464 g/mol. The van der Waals surface area contributed by atoms with Gasteiger partial charge in [-0.05, 0) is 24.8 Å². The molecule has 0 spiro atoms. The maximum atomic E-state index is 13.0. The Morgan fingerprint density at radius 3 is 2.59 bits per heavy atom. The molecule has 8 nitrogen and oxygen atoms in total. The van der Waals surface area contributed by atoms with Crippen molar-refractivity contribution in [2.45, 2.75) is 75.7 Å². The number of rotatable bonds is 5. The number of hydrazine groups is 1. The fourth-order valence-corrected chi connectivity index (χ4v) is 6.37. The summed E-state index contributed by atoms with van der Waals surface area (Å²) >= 11 is 0. The van der Waals surface area contributed by atoms with Gasteiger partial charge in [0.2, 0.25) is 5.91 Å². The molecule has 4 aliphatic heterocycles. The van der Waals surface area contributed by atoms with Gasteiger partial charge < -0.3 is 14.8 Å². The summed E-state index contributed by atoms with van der Waals surface area (Å²) in [6.45, 7) is 3.80. The summed E-state index contributed by atoms with van der Waals surface area (Å²) in [7, 11) is 0. The molecule has 4 heterocycles. The molecule has 182 valence electrons. The van der Waals surface area contributed by atoms with Crippen LogP contribution in [0.15, 0.2) is 47.8 Å². The molecule has 3 fully saturated rings. The van der Waals surface area contributed by atoms with Crippen LogP contribution in [0.5, 0.6) is 0 Å². The first-order valence-corrected chi connectivity index (χ1v) is 13.2. The van der Waals surface area contributed by atoms with Crippen molar-refractivity contribution in [3.63, 3.8) is 0 Å². The summed E-state index contributed by atoms with van der Waals surface area (Å²) in [4.78, 5) is 19.9. The van der Waals surface area contributed by atoms with E-state index in [1.54, 1.807) is 0 Å². The van der Waals surface area contributed by atoms with Crippen molar-refractivity contribution in [1.82, 2.24) is 30.6 Å². The van der Waals surface area contributed by atoms with Gasteiger partial charge in [0, 0.05) is 57.5 Å². The van der Waals surface area contributed by atoms with Gasteiger partial charge in [0.15, 0.2) is 0 Å². The highest BCUT2D eigenvalue weighted by Crippen LogP contribution is 2.34. The molecule has 34 heavy (non-hydrogen) atoms. The number of nitrogens with zero attached hydrogens (tertiary/aromatic N) is 5. The fourth-order valence-electron chi connectivity index (χ4n) is 6.37. The van der Waals surface area contributed by atoms with Gasteiger partial charge in [0.05, 0.1) is 12.1 Å². The van der Waals surface area contributed by atoms with E-state index in [0.717, 1.165) is 44.5 Å². The molecule has 8 heteroatoms. The normalized spacial score (nSPS) is 29.6. The monoisotopic (exact) mass is 463 g/mol. The van der Waals surface area contributed by atoms with Crippen LogP contribution in [0.4, 0.5) is 0 Å². The number of fused-ring (bicyclic) bond motifs is 3. The maximum absolute atomic E-state index is 13.0. The van der Waals surface area contributed by atoms with Crippen LogP contribution in [0.3, 0.4) is 0 Å². The summed E-state index contributed by atoms with van der Waals surface area (Å²) in [5.74, 6) is 1.24. The van der Waals surface area contributed by atoms with E-state index >= 15 is 0 Å². The third-order valence-electron chi connectivity index (χ3n) is 8.34. The number of hydrazone groups is 1. The van der Waals surface area contributed by atoms with E-state index in [-0.39, 0.29) is 12.1 Å². The van der Waals surface area contributed by atoms with Crippen molar-refractivity contribution >= 4 is 11.7 Å². The van der Waals surface area contributed by atoms with Gasteiger partial charge in [-0.15, -0.1) is 0 Å². The number of hydrogen-bond donors (Lipinski definition) is 2. The molecule has 6 rings (SSSR count). The van der Waals surface area contributed by atoms with Crippen molar-refractivity contribution in [3.05, 3.63) is 48.3 Å². The molecule has 1 aromatic rings. The Morgan fingerprint density at radius 1 is 1.00 bits per heavy atom. The molecule has 1 amide bonds. The van der Waals surface area contributed by atoms with Crippen LogP contribution in [0.25, 0.3) is 0 Å². The highest BCUT2D eigenvalue weighted by molar-refractivity contribution is 5.89. The third-order valence-corrected chi connectivity index (χ3v) is 8.34. The molecule has 3 atom stereocenters. The minimum Gasteiger partial charge on any atom is -0.340 e. The van der Waals surface area contributed by atoms with Crippen molar-refractivity contribution in [3.8, 4) is 0 Å². The van der Waals surface area contributed by atoms with Crippen LogP contribution in [0.2, 0.25) is 0 Å². The van der Waals surface area contributed by atoms with E-state index in [1.165, 1.54) is 37.7 Å². The molecule has 5 aliphatic rings. The second-order valence-electron chi connectivity index (χ2n) is 10.3. The Balaban J connectivity index is 0.993. The lowest BCUT2D eigenvalue weighted by molar-refractivity contribution is -0.133. The maximum Gasteiger partial charge on any atom is 0.223 e. The number of amides is 1. The van der Waals surface area contributed by atoms with Gasteiger partial charge in [0.25, 0.3) is 0 Å². The first kappa shape index (κ1) is 21.9. The highest BCUT2D eigenvalue weighted by atomic mass is 16.2. The molecule has 1 aromatic carbocycles. The Bertz CT molecular complexity index is 920. The molecule has 0 bridgehead atoms. The molecule has 0 aromatic heterocycles. The third kappa shape index (κ3) is 4.29. The second kappa shape index (κ2) is 9.58. The topological polar surface area (TPSA) is 66.5 Å². The molecule has 3 unspecified atom stereocenters. The molecule has 2 N–H and O–H groups in total. The number of carbonyl (C=O) groups excluding carboxylic acids is 1. The molecule has 0 radical (unpaired) electrons. The number of amidine groups is 1. The van der Waals surface area contributed by atoms with Gasteiger partial charge in [-0.3, -0.25) is 15.1 Å². The van der Waals surface area contributed by atoms with Gasteiger partial charge in [-0.2, -0.15) is 5.10 Å². The highest BCUT2D eigenvalue weighted by Gasteiger charge is 2.44. The van der Waals surface area contributed by atoms with Gasteiger partial charge in [-0.25, -0.2) is 5.43 Å². The summed E-state index contributed by atoms with van der Waals surface area (Å²) in [5.41, 5.74) is 8.28. The van der Waals surface area contributed by atoms with Crippen LogP contribution >= 0.6 is 0 Å². The van der Waals surface area contributed by atoms with Crippen LogP contribution in [0, 0.1) is 0 Å². The second-order valence-corrected chi connectivity index (χ2v) is 10.3. The Kier molecular flexibility index (Phi) is 6.18. The van der Waals surface area contributed by atoms with Crippen molar-refractivity contribution in [1.29, 1.82) is 0 Å². The first-order chi connectivity index (χ1) is 16.8. The van der Waals surface area contributed by atoms with E-state index in [9.17, 15) is 4.79 Å². The largest absolute Gasteiger partial charge is 0.340 e. The zero-order valence-electron chi connectivity index (χ0n) is 20.0. The first-order valence-electron chi connectivity index (χ1n) is 13.2. The number of hydrogen-bond acceptors (Lipinski definition) is 7. The minimum absolute atomic E-state index is 0.107. The standard InChI is InChI=1S/C26H37N7O/c34-25(31-15-13-30(14-16-31)21-9-5-2-6-10-21)12-11-24-27-28-26-23-19-22(20-7-3-1-4-8-20)29-33(23)18-17-32(24)26/h1,3-4,7-8,17-18,21-23,26,28-29H,2,5-6,9-16,19H2. The van der Waals surface area contributed by atoms with E-state index in [2.05, 4.69) is 78.4 Å². The molecule has 1 saturated carbocycles. The van der Waals surface area contributed by atoms with Crippen molar-refractivity contribution in [2.75, 3.05) is 26.2 Å². The summed E-state index contributed by atoms with van der Waals surface area (Å²) in [6.07, 6.45) is 13.3. The van der Waals surface area contributed by atoms with Crippen LogP contribution in [-0.2, 0) is 4.79 Å². The predicted molar refractivity (Wildman–Crippen MR) is 132 cm³/mol. The quantitative estimate of drug-likeness (QED) is 0.700. The van der Waals surface area contributed by atoms with Crippen molar-refractivity contribution < 1.29 is 4.79 Å². The molecule has 2 saturated heterocycles. The minimum atomic E-state index is 0.107. The van der Waals surface area contributed by atoms with E-state index < -0.39 is 0 Å². The molecular weight excluding hydrogens is 426 g/mol.